The second kappa shape index (κ2) is 7.31. The normalized spacial score (nSPS) is 11.7. The van der Waals surface area contributed by atoms with E-state index in [1.165, 1.54) is 6.07 Å². The van der Waals surface area contributed by atoms with Crippen molar-refractivity contribution in [3.8, 4) is 0 Å². The Morgan fingerprint density at radius 3 is 2.48 bits per heavy atom. The molecule has 2 aromatic heterocycles. The number of aryl methyl sites for hydroxylation is 1. The van der Waals surface area contributed by atoms with Crippen molar-refractivity contribution < 1.29 is 22.2 Å². The number of benzene rings is 1. The maximum absolute atomic E-state index is 12.1. The Morgan fingerprint density at radius 2 is 1.89 bits per heavy atom. The van der Waals surface area contributed by atoms with Crippen LogP contribution in [0.15, 0.2) is 44.2 Å². The molecule has 0 aliphatic rings. The predicted molar refractivity (Wildman–Crippen MR) is 95.1 cm³/mol. The van der Waals surface area contributed by atoms with Gasteiger partial charge in [-0.15, -0.1) is 5.10 Å². The van der Waals surface area contributed by atoms with Crippen LogP contribution in [-0.4, -0.2) is 34.9 Å². The van der Waals surface area contributed by atoms with Crippen molar-refractivity contribution in [1.29, 1.82) is 0 Å². The predicted octanol–water partition coefficient (Wildman–Crippen LogP) is 2.39. The topological polar surface area (TPSA) is 128 Å². The van der Waals surface area contributed by atoms with E-state index in [9.17, 15) is 13.2 Å². The molecule has 0 radical (unpaired) electrons. The fourth-order valence-corrected chi connectivity index (χ4v) is 3.31. The molecule has 10 heteroatoms. The molecule has 27 heavy (non-hydrogen) atoms. The monoisotopic (exact) mass is 390 g/mol. The van der Waals surface area contributed by atoms with E-state index in [0.717, 1.165) is 5.56 Å². The molecule has 0 aliphatic carbocycles. The minimum Gasteiger partial charge on any atom is -0.407 e. The number of amides is 1. The van der Waals surface area contributed by atoms with Gasteiger partial charge in [0.15, 0.2) is 15.5 Å². The van der Waals surface area contributed by atoms with E-state index in [1.54, 1.807) is 45.0 Å². The van der Waals surface area contributed by atoms with Crippen LogP contribution in [-0.2, 0) is 16.3 Å². The van der Waals surface area contributed by atoms with Crippen LogP contribution >= 0.6 is 0 Å². The number of carbonyl (C=O) groups is 1. The smallest absolute Gasteiger partial charge is 0.322 e. The van der Waals surface area contributed by atoms with Crippen molar-refractivity contribution in [3.05, 3.63) is 53.2 Å². The van der Waals surface area contributed by atoms with Gasteiger partial charge in [-0.2, -0.15) is 0 Å². The first-order valence-electron chi connectivity index (χ1n) is 8.15. The Kier molecular flexibility index (Phi) is 5.08. The van der Waals surface area contributed by atoms with Crippen LogP contribution in [0.4, 0.5) is 6.01 Å². The number of carbonyl (C=O) groups excluding carboxylic acids is 1. The molecule has 9 nitrogen and oxygen atoms in total. The van der Waals surface area contributed by atoms with Crippen molar-refractivity contribution in [2.24, 2.45) is 0 Å². The molecule has 1 amide bonds. The first-order chi connectivity index (χ1) is 12.8. The largest absolute Gasteiger partial charge is 0.407 e. The van der Waals surface area contributed by atoms with Crippen LogP contribution in [0, 0.1) is 6.92 Å². The van der Waals surface area contributed by atoms with Gasteiger partial charge in [-0.05, 0) is 38.5 Å². The summed E-state index contributed by atoms with van der Waals surface area (Å²) < 4.78 is 34.5. The molecule has 0 spiro atoms. The highest BCUT2D eigenvalue weighted by Crippen LogP contribution is 2.18. The summed E-state index contributed by atoms with van der Waals surface area (Å²) in [7, 11) is -3.31. The Morgan fingerprint density at radius 1 is 1.19 bits per heavy atom. The number of aromatic nitrogens is 3. The average Bonchev–Trinajstić information content (AvgIpc) is 3.24. The number of anilines is 1. The van der Waals surface area contributed by atoms with Crippen molar-refractivity contribution in [3.63, 3.8) is 0 Å². The van der Waals surface area contributed by atoms with E-state index in [-0.39, 0.29) is 22.5 Å². The van der Waals surface area contributed by atoms with Crippen LogP contribution in [0.1, 0.15) is 41.6 Å². The molecule has 3 rings (SSSR count). The fourth-order valence-electron chi connectivity index (χ4n) is 2.25. The molecule has 1 aromatic carbocycles. The molecule has 0 aliphatic heterocycles. The van der Waals surface area contributed by atoms with E-state index in [4.69, 9.17) is 8.94 Å². The van der Waals surface area contributed by atoms with Crippen molar-refractivity contribution in [2.45, 2.75) is 37.3 Å². The molecule has 142 valence electrons. The highest BCUT2D eigenvalue weighted by Gasteiger charge is 2.19. The molecular weight excluding hydrogens is 372 g/mol. The SMILES string of the molecule is Cc1cc(C(=O)Nc2nnc(Cc3ccc(S(=O)(=O)C(C)C)cc3)o2)no1. The lowest BCUT2D eigenvalue weighted by Crippen LogP contribution is -2.13. The lowest BCUT2D eigenvalue weighted by Gasteiger charge is -2.08. The minimum atomic E-state index is -3.31. The lowest BCUT2D eigenvalue weighted by atomic mass is 10.1. The molecule has 1 N–H and O–H groups in total. The Balaban J connectivity index is 1.66. The molecule has 3 aromatic rings. The Hall–Kier alpha value is -3.01. The summed E-state index contributed by atoms with van der Waals surface area (Å²) in [6, 6.07) is 7.91. The molecule has 0 unspecified atom stereocenters. The fraction of sp³-hybridized carbons (Fsp3) is 0.294. The van der Waals surface area contributed by atoms with Gasteiger partial charge in [-0.3, -0.25) is 10.1 Å². The standard InChI is InChI=1S/C17H18N4O5S/c1-10(2)27(23,24)13-6-4-12(5-7-13)9-15-19-20-17(25-15)18-16(22)14-8-11(3)26-21-14/h4-8,10H,9H2,1-3H3,(H,18,20,22). The molecule has 0 saturated carbocycles. The summed E-state index contributed by atoms with van der Waals surface area (Å²) in [6.07, 6.45) is 0.300. The summed E-state index contributed by atoms with van der Waals surface area (Å²) in [5, 5.41) is 13.2. The maximum atomic E-state index is 12.1. The van der Waals surface area contributed by atoms with Crippen LogP contribution in [0.3, 0.4) is 0 Å². The quantitative estimate of drug-likeness (QED) is 0.679. The van der Waals surface area contributed by atoms with E-state index in [1.807, 2.05) is 0 Å². The third-order valence-electron chi connectivity index (χ3n) is 3.78. The number of nitrogens with one attached hydrogen (secondary N) is 1. The first-order valence-corrected chi connectivity index (χ1v) is 9.70. The van der Waals surface area contributed by atoms with Crippen LogP contribution in [0.2, 0.25) is 0 Å². The second-order valence-electron chi connectivity index (χ2n) is 6.19. The zero-order valence-electron chi connectivity index (χ0n) is 15.0. The summed E-state index contributed by atoms with van der Waals surface area (Å²) in [5.74, 6) is 0.265. The summed E-state index contributed by atoms with van der Waals surface area (Å²) >= 11 is 0. The minimum absolute atomic E-state index is 0.0605. The van der Waals surface area contributed by atoms with Crippen LogP contribution in [0.5, 0.6) is 0 Å². The number of hydrogen-bond donors (Lipinski definition) is 1. The highest BCUT2D eigenvalue weighted by molar-refractivity contribution is 7.92. The first kappa shape index (κ1) is 18.8. The van der Waals surface area contributed by atoms with Gasteiger partial charge in [0.2, 0.25) is 5.89 Å². The third-order valence-corrected chi connectivity index (χ3v) is 5.95. The van der Waals surface area contributed by atoms with Gasteiger partial charge >= 0.3 is 6.01 Å². The summed E-state index contributed by atoms with van der Waals surface area (Å²) in [5.41, 5.74) is 0.903. The van der Waals surface area contributed by atoms with Gasteiger partial charge in [-0.1, -0.05) is 22.4 Å². The maximum Gasteiger partial charge on any atom is 0.322 e. The molecule has 0 saturated heterocycles. The van der Waals surface area contributed by atoms with Crippen LogP contribution in [0.25, 0.3) is 0 Å². The number of hydrogen-bond acceptors (Lipinski definition) is 8. The average molecular weight is 390 g/mol. The second-order valence-corrected chi connectivity index (χ2v) is 8.70. The van der Waals surface area contributed by atoms with Gasteiger partial charge in [0, 0.05) is 6.07 Å². The Labute approximate surface area is 155 Å². The van der Waals surface area contributed by atoms with E-state index < -0.39 is 21.0 Å². The molecule has 2 heterocycles. The third kappa shape index (κ3) is 4.22. The molecule has 0 fully saturated rings. The van der Waals surface area contributed by atoms with Gasteiger partial charge in [0.25, 0.3) is 5.91 Å². The lowest BCUT2D eigenvalue weighted by molar-refractivity contribution is 0.101. The molecule has 0 atom stereocenters. The highest BCUT2D eigenvalue weighted by atomic mass is 32.2. The molecule has 0 bridgehead atoms. The van der Waals surface area contributed by atoms with Crippen molar-refractivity contribution >= 4 is 21.8 Å². The zero-order valence-corrected chi connectivity index (χ0v) is 15.8. The number of sulfone groups is 1. The summed E-state index contributed by atoms with van der Waals surface area (Å²) in [6.45, 7) is 4.95. The Bertz CT molecular complexity index is 1050. The van der Waals surface area contributed by atoms with Gasteiger partial charge in [-0.25, -0.2) is 8.42 Å². The van der Waals surface area contributed by atoms with E-state index in [2.05, 4.69) is 20.7 Å². The van der Waals surface area contributed by atoms with Crippen molar-refractivity contribution in [2.75, 3.05) is 5.32 Å². The summed E-state index contributed by atoms with van der Waals surface area (Å²) in [4.78, 5) is 12.2. The van der Waals surface area contributed by atoms with Gasteiger partial charge in [0.1, 0.15) is 5.76 Å². The number of nitrogens with zero attached hydrogens (tertiary/aromatic N) is 3. The van der Waals surface area contributed by atoms with E-state index >= 15 is 0 Å². The number of rotatable bonds is 6. The van der Waals surface area contributed by atoms with Crippen molar-refractivity contribution in [1.82, 2.24) is 15.4 Å². The van der Waals surface area contributed by atoms with Gasteiger partial charge in [0.05, 0.1) is 16.6 Å². The van der Waals surface area contributed by atoms with Crippen LogP contribution < -0.4 is 5.32 Å². The van der Waals surface area contributed by atoms with E-state index in [0.29, 0.717) is 12.2 Å². The zero-order chi connectivity index (χ0) is 19.6. The van der Waals surface area contributed by atoms with Gasteiger partial charge < -0.3 is 8.94 Å². The molecular formula is C17H18N4O5S.